The predicted molar refractivity (Wildman–Crippen MR) is 81.6 cm³/mol. The van der Waals surface area contributed by atoms with Crippen LogP contribution in [0.3, 0.4) is 0 Å². The quantitative estimate of drug-likeness (QED) is 0.628. The number of esters is 1. The van der Waals surface area contributed by atoms with E-state index in [9.17, 15) is 14.4 Å². The lowest BCUT2D eigenvalue weighted by Gasteiger charge is -2.15. The number of nitrogens with zero attached hydrogens (tertiary/aromatic N) is 1. The van der Waals surface area contributed by atoms with Gasteiger partial charge in [0.2, 0.25) is 5.91 Å². The zero-order valence-electron chi connectivity index (χ0n) is 12.7. The second kappa shape index (κ2) is 7.39. The zero-order valence-corrected chi connectivity index (χ0v) is 12.7. The molecule has 2 aromatic heterocycles. The topological polar surface area (TPSA) is 131 Å². The first-order valence-corrected chi connectivity index (χ1v) is 7.16. The van der Waals surface area contributed by atoms with Crippen molar-refractivity contribution in [1.82, 2.24) is 15.2 Å². The van der Waals surface area contributed by atoms with Crippen LogP contribution in [0.25, 0.3) is 0 Å². The van der Waals surface area contributed by atoms with Crippen molar-refractivity contribution < 1.29 is 14.3 Å². The van der Waals surface area contributed by atoms with Gasteiger partial charge < -0.3 is 15.6 Å². The molecular formula is C15H18N4O4. The molecule has 0 saturated carbocycles. The maximum Gasteiger partial charge on any atom is 0.311 e. The second-order valence-electron chi connectivity index (χ2n) is 4.96. The van der Waals surface area contributed by atoms with Crippen molar-refractivity contribution in [3.05, 3.63) is 51.7 Å². The van der Waals surface area contributed by atoms with Crippen LogP contribution in [0.15, 0.2) is 29.3 Å². The monoisotopic (exact) mass is 318 g/mol. The predicted octanol–water partition coefficient (Wildman–Crippen LogP) is 0.211. The van der Waals surface area contributed by atoms with Gasteiger partial charge in [-0.1, -0.05) is 6.07 Å². The first-order valence-electron chi connectivity index (χ1n) is 7.16. The van der Waals surface area contributed by atoms with Crippen molar-refractivity contribution in [2.75, 3.05) is 6.61 Å². The molecule has 0 aliphatic heterocycles. The van der Waals surface area contributed by atoms with Crippen molar-refractivity contribution in [1.29, 1.82) is 0 Å². The molecule has 4 N–H and O–H groups in total. The molecule has 0 aliphatic rings. The van der Waals surface area contributed by atoms with Crippen LogP contribution < -0.4 is 11.3 Å². The molecule has 0 spiro atoms. The summed E-state index contributed by atoms with van der Waals surface area (Å²) in [6, 6.07) is 3.45. The number of aromatic amines is 2. The minimum absolute atomic E-state index is 0.0670. The Morgan fingerprint density at radius 2 is 2.17 bits per heavy atom. The minimum Gasteiger partial charge on any atom is -0.466 e. The lowest BCUT2D eigenvalue weighted by molar-refractivity contribution is -0.142. The normalized spacial score (nSPS) is 11.9. The number of hydrogen-bond donors (Lipinski definition) is 3. The van der Waals surface area contributed by atoms with Gasteiger partial charge in [-0.25, -0.2) is 0 Å². The van der Waals surface area contributed by atoms with Gasteiger partial charge in [-0.15, -0.1) is 0 Å². The molecule has 122 valence electrons. The largest absolute Gasteiger partial charge is 0.466 e. The van der Waals surface area contributed by atoms with Crippen LogP contribution in [0.4, 0.5) is 0 Å². The number of H-pyrrole nitrogens is 2. The molecule has 0 aliphatic carbocycles. The molecule has 2 rings (SSSR count). The van der Waals surface area contributed by atoms with E-state index in [2.05, 4.69) is 15.2 Å². The third kappa shape index (κ3) is 4.06. The first kappa shape index (κ1) is 16.5. The number of ether oxygens (including phenoxy) is 1. The molecule has 0 unspecified atom stereocenters. The van der Waals surface area contributed by atoms with Crippen LogP contribution >= 0.6 is 0 Å². The minimum atomic E-state index is -0.583. The third-order valence-electron chi connectivity index (χ3n) is 3.36. The summed E-state index contributed by atoms with van der Waals surface area (Å²) in [5, 5.41) is 5.12. The summed E-state index contributed by atoms with van der Waals surface area (Å²) in [6.07, 6.45) is 2.99. The molecule has 0 saturated heterocycles. The van der Waals surface area contributed by atoms with Gasteiger partial charge in [-0.3, -0.25) is 24.5 Å². The smallest absolute Gasteiger partial charge is 0.311 e. The van der Waals surface area contributed by atoms with Gasteiger partial charge in [0.25, 0.3) is 5.56 Å². The Kier molecular flexibility index (Phi) is 5.29. The Hall–Kier alpha value is -2.90. The summed E-state index contributed by atoms with van der Waals surface area (Å²) >= 11 is 0. The van der Waals surface area contributed by atoms with Gasteiger partial charge in [0.15, 0.2) is 0 Å². The lowest BCUT2D eigenvalue weighted by atomic mass is 9.88. The van der Waals surface area contributed by atoms with Gasteiger partial charge in [0.05, 0.1) is 18.7 Å². The fraction of sp³-hybridized carbons (Fsp3) is 0.333. The highest BCUT2D eigenvalue weighted by Crippen LogP contribution is 2.27. The summed E-state index contributed by atoms with van der Waals surface area (Å²) < 4.78 is 4.90. The summed E-state index contributed by atoms with van der Waals surface area (Å²) in [5.74, 6) is -1.60. The van der Waals surface area contributed by atoms with E-state index >= 15 is 0 Å². The van der Waals surface area contributed by atoms with Crippen molar-refractivity contribution >= 4 is 11.9 Å². The average molecular weight is 318 g/mol. The molecule has 1 atom stereocenters. The number of carbonyl (C=O) groups is 2. The Balaban J connectivity index is 2.43. The summed E-state index contributed by atoms with van der Waals surface area (Å²) in [7, 11) is 0. The number of hydrogen-bond acceptors (Lipinski definition) is 5. The third-order valence-corrected chi connectivity index (χ3v) is 3.36. The summed E-state index contributed by atoms with van der Waals surface area (Å²) in [5.41, 5.74) is 6.25. The number of amides is 1. The number of rotatable bonds is 7. The molecule has 0 fully saturated rings. The number of aromatic nitrogens is 3. The van der Waals surface area contributed by atoms with Crippen LogP contribution in [0.2, 0.25) is 0 Å². The molecule has 8 nitrogen and oxygen atoms in total. The van der Waals surface area contributed by atoms with E-state index in [1.54, 1.807) is 31.5 Å². The highest BCUT2D eigenvalue weighted by Gasteiger charge is 2.26. The highest BCUT2D eigenvalue weighted by atomic mass is 16.5. The molecule has 0 aromatic carbocycles. The van der Waals surface area contributed by atoms with Crippen molar-refractivity contribution in [2.45, 2.75) is 25.7 Å². The van der Waals surface area contributed by atoms with Crippen LogP contribution in [-0.2, 0) is 20.7 Å². The van der Waals surface area contributed by atoms with E-state index in [1.165, 1.54) is 0 Å². The first-order chi connectivity index (χ1) is 11.0. The highest BCUT2D eigenvalue weighted by molar-refractivity contribution is 5.76. The van der Waals surface area contributed by atoms with E-state index in [-0.39, 0.29) is 19.4 Å². The number of primary amides is 1. The van der Waals surface area contributed by atoms with E-state index in [4.69, 9.17) is 10.5 Å². The Bertz CT molecular complexity index is 735. The van der Waals surface area contributed by atoms with Crippen molar-refractivity contribution in [3.8, 4) is 0 Å². The van der Waals surface area contributed by atoms with E-state index in [0.717, 1.165) is 0 Å². The number of carbonyl (C=O) groups excluding carboxylic acids is 2. The standard InChI is InChI=1S/C15H18N4O4/c1-2-23-13(21)7-11-14(15(22)19-18-11)10(6-12(16)20)9-4-3-5-17-8-9/h3-5,8,10H,2,6-7H2,1H3,(H2,16,20)(H2,18,19,22)/t10-/m0/s1. The summed E-state index contributed by atoms with van der Waals surface area (Å²) in [6.45, 7) is 1.94. The molecule has 23 heavy (non-hydrogen) atoms. The maximum absolute atomic E-state index is 12.2. The molecular weight excluding hydrogens is 300 g/mol. The van der Waals surface area contributed by atoms with Gasteiger partial charge >= 0.3 is 5.97 Å². The van der Waals surface area contributed by atoms with Crippen LogP contribution in [0.5, 0.6) is 0 Å². The van der Waals surface area contributed by atoms with Crippen molar-refractivity contribution in [3.63, 3.8) is 0 Å². The lowest BCUT2D eigenvalue weighted by Crippen LogP contribution is -2.22. The molecule has 2 heterocycles. The van der Waals surface area contributed by atoms with E-state index in [1.807, 2.05) is 0 Å². The SMILES string of the molecule is CCOC(=O)Cc1[nH][nH]c(=O)c1[C@@H](CC(N)=O)c1cccnc1. The zero-order chi connectivity index (χ0) is 16.8. The fourth-order valence-electron chi connectivity index (χ4n) is 2.44. The molecule has 8 heteroatoms. The van der Waals surface area contributed by atoms with Crippen LogP contribution in [-0.4, -0.2) is 33.7 Å². The van der Waals surface area contributed by atoms with Crippen molar-refractivity contribution in [2.24, 2.45) is 5.73 Å². The van der Waals surface area contributed by atoms with Gasteiger partial charge in [-0.2, -0.15) is 0 Å². The fourth-order valence-corrected chi connectivity index (χ4v) is 2.44. The molecule has 1 amide bonds. The Morgan fingerprint density at radius 1 is 1.39 bits per heavy atom. The van der Waals surface area contributed by atoms with Gasteiger partial charge in [0, 0.05) is 30.3 Å². The number of nitrogens with one attached hydrogen (secondary N) is 2. The Labute approximate surface area is 132 Å². The number of pyridine rings is 1. The summed E-state index contributed by atoms with van der Waals surface area (Å²) in [4.78, 5) is 39.3. The van der Waals surface area contributed by atoms with E-state index in [0.29, 0.717) is 16.8 Å². The average Bonchev–Trinajstić information content (AvgIpc) is 2.86. The second-order valence-corrected chi connectivity index (χ2v) is 4.96. The van der Waals surface area contributed by atoms with Crippen LogP contribution in [0.1, 0.15) is 36.1 Å². The van der Waals surface area contributed by atoms with Gasteiger partial charge in [0.1, 0.15) is 0 Å². The molecule has 0 radical (unpaired) electrons. The Morgan fingerprint density at radius 3 is 2.78 bits per heavy atom. The van der Waals surface area contributed by atoms with Crippen LogP contribution in [0, 0.1) is 0 Å². The van der Waals surface area contributed by atoms with E-state index < -0.39 is 23.4 Å². The maximum atomic E-state index is 12.2. The number of nitrogens with two attached hydrogens (primary N) is 1. The molecule has 2 aromatic rings. The van der Waals surface area contributed by atoms with Gasteiger partial charge in [-0.05, 0) is 18.6 Å². The molecule has 0 bridgehead atoms.